The molecule has 0 atom stereocenters. The van der Waals surface area contributed by atoms with E-state index >= 15 is 0 Å². The van der Waals surface area contributed by atoms with E-state index in [9.17, 15) is 8.42 Å². The Kier molecular flexibility index (Phi) is 10.2. The first-order valence-corrected chi connectivity index (χ1v) is 10.8. The van der Waals surface area contributed by atoms with Gasteiger partial charge < -0.3 is 10.6 Å². The molecule has 0 bridgehead atoms. The average Bonchev–Trinajstić information content (AvgIpc) is 3.08. The van der Waals surface area contributed by atoms with E-state index in [-0.39, 0.29) is 28.9 Å². The molecule has 2 rings (SSSR count). The van der Waals surface area contributed by atoms with Crippen molar-refractivity contribution >= 4 is 51.3 Å². The molecule has 0 fully saturated rings. The van der Waals surface area contributed by atoms with Gasteiger partial charge in [-0.15, -0.1) is 35.3 Å². The summed E-state index contributed by atoms with van der Waals surface area (Å²) in [6.07, 6.45) is 4.57. The summed E-state index contributed by atoms with van der Waals surface area (Å²) in [5.74, 6) is 0.735. The Bertz CT molecular complexity index is 835. The third-order valence-corrected chi connectivity index (χ3v) is 5.89. The summed E-state index contributed by atoms with van der Waals surface area (Å²) in [6, 6.07) is 6.59. The number of aliphatic imine (C=N–C) groups is 1. The van der Waals surface area contributed by atoms with Crippen LogP contribution in [0.2, 0.25) is 0 Å². The number of halogens is 1. The SMILES string of the molecule is CCc1cnc(CCNC(=NC)NCCc2ccc(S(N)(=O)=O)cc2)s1.I. The number of nitrogens with one attached hydrogen (secondary N) is 2. The Morgan fingerprint density at radius 2 is 1.81 bits per heavy atom. The van der Waals surface area contributed by atoms with E-state index in [2.05, 4.69) is 27.5 Å². The van der Waals surface area contributed by atoms with Crippen LogP contribution in [0, 0.1) is 0 Å². The van der Waals surface area contributed by atoms with Gasteiger partial charge in [-0.2, -0.15) is 0 Å². The summed E-state index contributed by atoms with van der Waals surface area (Å²) in [4.78, 5) is 10.0. The predicted octanol–water partition coefficient (Wildman–Crippen LogP) is 1.92. The molecule has 0 saturated heterocycles. The number of hydrogen-bond donors (Lipinski definition) is 3. The van der Waals surface area contributed by atoms with Gasteiger partial charge in [-0.05, 0) is 30.5 Å². The number of aryl methyl sites for hydroxylation is 1. The number of primary sulfonamides is 1. The van der Waals surface area contributed by atoms with Gasteiger partial charge in [-0.25, -0.2) is 18.5 Å². The van der Waals surface area contributed by atoms with Gasteiger partial charge in [0.15, 0.2) is 5.96 Å². The molecule has 0 aliphatic carbocycles. The zero-order valence-electron chi connectivity index (χ0n) is 15.4. The maximum Gasteiger partial charge on any atom is 0.238 e. The average molecular weight is 523 g/mol. The Hall–Kier alpha value is -1.24. The zero-order chi connectivity index (χ0) is 19.0. The number of rotatable bonds is 8. The van der Waals surface area contributed by atoms with Gasteiger partial charge in [0.2, 0.25) is 10.0 Å². The molecule has 1 aromatic heterocycles. The molecule has 0 saturated carbocycles. The first-order chi connectivity index (χ1) is 12.4. The molecule has 10 heteroatoms. The van der Waals surface area contributed by atoms with Gasteiger partial charge in [0.1, 0.15) is 0 Å². The first kappa shape index (κ1) is 23.8. The molecule has 0 radical (unpaired) electrons. The standard InChI is InChI=1S/C17H25N5O2S2.HI/c1-3-14-12-22-16(25-14)9-11-21-17(19-2)20-10-8-13-4-6-15(7-5-13)26(18,23)24;/h4-7,12H,3,8-11H2,1-2H3,(H2,18,23,24)(H2,19,20,21);1H. The van der Waals surface area contributed by atoms with E-state index in [0.717, 1.165) is 42.3 Å². The van der Waals surface area contributed by atoms with Crippen molar-refractivity contribution in [2.75, 3.05) is 20.1 Å². The van der Waals surface area contributed by atoms with Crippen molar-refractivity contribution in [3.8, 4) is 0 Å². The third kappa shape index (κ3) is 8.11. The molecule has 7 nitrogen and oxygen atoms in total. The van der Waals surface area contributed by atoms with Crippen molar-refractivity contribution in [2.24, 2.45) is 10.1 Å². The number of nitrogens with zero attached hydrogens (tertiary/aromatic N) is 2. The quantitative estimate of drug-likeness (QED) is 0.278. The van der Waals surface area contributed by atoms with Crippen molar-refractivity contribution in [1.82, 2.24) is 15.6 Å². The highest BCUT2D eigenvalue weighted by Gasteiger charge is 2.07. The topological polar surface area (TPSA) is 109 Å². The first-order valence-electron chi connectivity index (χ1n) is 8.42. The lowest BCUT2D eigenvalue weighted by atomic mass is 10.1. The van der Waals surface area contributed by atoms with Crippen LogP contribution in [0.25, 0.3) is 0 Å². The van der Waals surface area contributed by atoms with E-state index < -0.39 is 10.0 Å². The molecule has 150 valence electrons. The largest absolute Gasteiger partial charge is 0.356 e. The van der Waals surface area contributed by atoms with Crippen LogP contribution in [0.5, 0.6) is 0 Å². The molecular weight excluding hydrogens is 497 g/mol. The van der Waals surface area contributed by atoms with Crippen LogP contribution in [0.1, 0.15) is 22.4 Å². The van der Waals surface area contributed by atoms with E-state index in [4.69, 9.17) is 5.14 Å². The summed E-state index contributed by atoms with van der Waals surface area (Å²) in [5, 5.41) is 12.7. The summed E-state index contributed by atoms with van der Waals surface area (Å²) in [7, 11) is -1.91. The number of hydrogen-bond acceptors (Lipinski definition) is 5. The van der Waals surface area contributed by atoms with Gasteiger partial charge in [0.05, 0.1) is 9.90 Å². The van der Waals surface area contributed by atoms with Crippen LogP contribution in [0.15, 0.2) is 40.4 Å². The monoisotopic (exact) mass is 523 g/mol. The van der Waals surface area contributed by atoms with Crippen molar-refractivity contribution in [3.05, 3.63) is 45.9 Å². The third-order valence-electron chi connectivity index (χ3n) is 3.76. The Morgan fingerprint density at radius 1 is 1.19 bits per heavy atom. The number of nitrogens with two attached hydrogens (primary N) is 1. The van der Waals surface area contributed by atoms with E-state index in [0.29, 0.717) is 6.54 Å². The van der Waals surface area contributed by atoms with Crippen molar-refractivity contribution in [1.29, 1.82) is 0 Å². The highest BCUT2D eigenvalue weighted by Crippen LogP contribution is 2.13. The number of guanidine groups is 1. The van der Waals surface area contributed by atoms with Gasteiger partial charge >= 0.3 is 0 Å². The van der Waals surface area contributed by atoms with Crippen LogP contribution in [0.3, 0.4) is 0 Å². The number of benzene rings is 1. The fraction of sp³-hybridized carbons (Fsp3) is 0.412. The minimum absolute atomic E-state index is 0. The molecule has 0 spiro atoms. The lowest BCUT2D eigenvalue weighted by molar-refractivity contribution is 0.598. The fourth-order valence-corrected chi connectivity index (χ4v) is 3.68. The Morgan fingerprint density at radius 3 is 2.33 bits per heavy atom. The fourth-order valence-electron chi connectivity index (χ4n) is 2.31. The van der Waals surface area contributed by atoms with E-state index in [1.807, 2.05) is 6.20 Å². The van der Waals surface area contributed by atoms with Crippen molar-refractivity contribution < 1.29 is 8.42 Å². The second kappa shape index (κ2) is 11.6. The lowest BCUT2D eigenvalue weighted by Crippen LogP contribution is -2.39. The van der Waals surface area contributed by atoms with Crippen molar-refractivity contribution in [3.63, 3.8) is 0 Å². The van der Waals surface area contributed by atoms with Gasteiger partial charge in [0, 0.05) is 37.6 Å². The summed E-state index contributed by atoms with van der Waals surface area (Å²) >= 11 is 1.75. The van der Waals surface area contributed by atoms with Crippen molar-refractivity contribution in [2.45, 2.75) is 31.1 Å². The van der Waals surface area contributed by atoms with Gasteiger partial charge in [-0.1, -0.05) is 19.1 Å². The van der Waals surface area contributed by atoms with E-state index in [1.165, 1.54) is 17.0 Å². The second-order valence-electron chi connectivity index (χ2n) is 5.69. The summed E-state index contributed by atoms with van der Waals surface area (Å²) < 4.78 is 22.5. The zero-order valence-corrected chi connectivity index (χ0v) is 19.4. The molecule has 2 aromatic rings. The second-order valence-corrected chi connectivity index (χ2v) is 8.45. The molecular formula is C17H26IN5O2S2. The molecule has 0 unspecified atom stereocenters. The minimum Gasteiger partial charge on any atom is -0.356 e. The molecule has 0 aliphatic rings. The van der Waals surface area contributed by atoms with Crippen LogP contribution in [0.4, 0.5) is 0 Å². The van der Waals surface area contributed by atoms with Crippen LogP contribution >= 0.6 is 35.3 Å². The smallest absolute Gasteiger partial charge is 0.238 e. The highest BCUT2D eigenvalue weighted by molar-refractivity contribution is 14.0. The van der Waals surface area contributed by atoms with Gasteiger partial charge in [0.25, 0.3) is 0 Å². The minimum atomic E-state index is -3.64. The molecule has 1 aromatic carbocycles. The molecule has 27 heavy (non-hydrogen) atoms. The Labute approximate surface area is 182 Å². The number of aromatic nitrogens is 1. The van der Waals surface area contributed by atoms with Crippen LogP contribution in [-0.2, 0) is 29.3 Å². The van der Waals surface area contributed by atoms with Crippen LogP contribution in [-0.4, -0.2) is 39.5 Å². The number of sulfonamides is 1. The molecule has 0 amide bonds. The number of thiazole rings is 1. The summed E-state index contributed by atoms with van der Waals surface area (Å²) in [5.41, 5.74) is 1.02. The molecule has 0 aliphatic heterocycles. The van der Waals surface area contributed by atoms with E-state index in [1.54, 1.807) is 30.5 Å². The maximum absolute atomic E-state index is 11.2. The summed E-state index contributed by atoms with van der Waals surface area (Å²) in [6.45, 7) is 3.58. The van der Waals surface area contributed by atoms with Crippen LogP contribution < -0.4 is 15.8 Å². The predicted molar refractivity (Wildman–Crippen MR) is 121 cm³/mol. The Balaban J connectivity index is 0.00000364. The molecule has 1 heterocycles. The maximum atomic E-state index is 11.2. The lowest BCUT2D eigenvalue weighted by Gasteiger charge is -2.11. The highest BCUT2D eigenvalue weighted by atomic mass is 127. The normalized spacial score (nSPS) is 11.7. The van der Waals surface area contributed by atoms with Gasteiger partial charge in [-0.3, -0.25) is 4.99 Å². The molecule has 4 N–H and O–H groups in total.